The summed E-state index contributed by atoms with van der Waals surface area (Å²) in [6, 6.07) is 10.1. The first kappa shape index (κ1) is 16.2. The van der Waals surface area contributed by atoms with Crippen LogP contribution in [0.5, 0.6) is 0 Å². The summed E-state index contributed by atoms with van der Waals surface area (Å²) in [6.45, 7) is 4.07. The largest absolute Gasteiger partial charge is 0.319 e. The highest BCUT2D eigenvalue weighted by molar-refractivity contribution is 7.90. The van der Waals surface area contributed by atoms with Gasteiger partial charge in [0.1, 0.15) is 0 Å². The summed E-state index contributed by atoms with van der Waals surface area (Å²) in [5.74, 6) is 0. The normalized spacial score (nSPS) is 13.0. The highest BCUT2D eigenvalue weighted by Crippen LogP contribution is 2.22. The van der Waals surface area contributed by atoms with Crippen molar-refractivity contribution in [2.24, 2.45) is 11.4 Å². The average Bonchev–Trinajstić information content (AvgIpc) is 2.76. The molecule has 3 aromatic rings. The quantitative estimate of drug-likeness (QED) is 0.692. The van der Waals surface area contributed by atoms with Gasteiger partial charge in [-0.3, -0.25) is 0 Å². The van der Waals surface area contributed by atoms with Crippen LogP contribution in [0, 0.1) is 13.8 Å². The van der Waals surface area contributed by atoms with Crippen molar-refractivity contribution in [3.05, 3.63) is 57.3 Å². The minimum Gasteiger partial charge on any atom is -0.319 e. The van der Waals surface area contributed by atoms with E-state index in [4.69, 9.17) is 11.6 Å². The molecule has 0 unspecified atom stereocenters. The fraction of sp³-hybridized carbons (Fsp3) is 0.188. The molecule has 23 heavy (non-hydrogen) atoms. The minimum absolute atomic E-state index is 0.131. The van der Waals surface area contributed by atoms with Gasteiger partial charge in [-0.15, -0.1) is 4.40 Å². The Labute approximate surface area is 143 Å². The fourth-order valence-electron chi connectivity index (χ4n) is 2.23. The lowest BCUT2D eigenvalue weighted by molar-refractivity contribution is 0.596. The summed E-state index contributed by atoms with van der Waals surface area (Å²) in [5.41, 5.74) is 3.31. The van der Waals surface area contributed by atoms with E-state index in [-0.39, 0.29) is 4.90 Å². The van der Waals surface area contributed by atoms with Gasteiger partial charge >= 0.3 is 0 Å². The second-order valence-corrected chi connectivity index (χ2v) is 8.42. The summed E-state index contributed by atoms with van der Waals surface area (Å²) >= 11 is 7.17. The molecule has 0 aliphatic rings. The predicted octanol–water partition coefficient (Wildman–Crippen LogP) is 3.80. The Morgan fingerprint density at radius 3 is 2.35 bits per heavy atom. The van der Waals surface area contributed by atoms with Crippen LogP contribution >= 0.6 is 22.9 Å². The first-order valence-corrected chi connectivity index (χ1v) is 9.55. The van der Waals surface area contributed by atoms with Crippen LogP contribution in [0.2, 0.25) is 5.02 Å². The second-order valence-electron chi connectivity index (χ2n) is 5.37. The monoisotopic (exact) mass is 366 g/mol. The standard InChI is InChI=1S/C16H15ClN2O2S2/c1-10-8-14-15(9-11(10)2)22-16(19(14)3)18-23(20,21)13-6-4-12(17)5-7-13/h4-9H,1-3H3. The molecule has 0 aliphatic carbocycles. The van der Waals surface area contributed by atoms with Crippen LogP contribution in [0.3, 0.4) is 0 Å². The SMILES string of the molecule is Cc1cc2sc(=NS(=O)(=O)c3ccc(Cl)cc3)n(C)c2cc1C. The van der Waals surface area contributed by atoms with E-state index in [9.17, 15) is 8.42 Å². The molecule has 7 heteroatoms. The van der Waals surface area contributed by atoms with E-state index in [1.165, 1.54) is 29.0 Å². The van der Waals surface area contributed by atoms with Crippen LogP contribution in [0.15, 0.2) is 45.7 Å². The van der Waals surface area contributed by atoms with E-state index in [0.29, 0.717) is 9.82 Å². The first-order chi connectivity index (χ1) is 10.8. The van der Waals surface area contributed by atoms with Crippen molar-refractivity contribution in [1.82, 2.24) is 4.57 Å². The Bertz CT molecular complexity index is 1060. The lowest BCUT2D eigenvalue weighted by Crippen LogP contribution is -2.13. The summed E-state index contributed by atoms with van der Waals surface area (Å²) in [5, 5.41) is 0.488. The summed E-state index contributed by atoms with van der Waals surface area (Å²) in [6.07, 6.45) is 0. The Kier molecular flexibility index (Phi) is 4.08. The van der Waals surface area contributed by atoms with Gasteiger partial charge in [-0.25, -0.2) is 0 Å². The maximum absolute atomic E-state index is 12.5. The third-order valence-electron chi connectivity index (χ3n) is 3.73. The Hall–Kier alpha value is -1.63. The van der Waals surface area contributed by atoms with Gasteiger partial charge in [0.05, 0.1) is 15.1 Å². The molecule has 0 radical (unpaired) electrons. The average molecular weight is 367 g/mol. The van der Waals surface area contributed by atoms with Crippen LogP contribution < -0.4 is 4.80 Å². The molecule has 0 saturated heterocycles. The van der Waals surface area contributed by atoms with Crippen LogP contribution in [0.1, 0.15) is 11.1 Å². The Morgan fingerprint density at radius 2 is 1.70 bits per heavy atom. The van der Waals surface area contributed by atoms with E-state index in [1.807, 2.05) is 20.9 Å². The molecule has 1 aromatic heterocycles. The van der Waals surface area contributed by atoms with Crippen molar-refractivity contribution in [3.63, 3.8) is 0 Å². The minimum atomic E-state index is -3.76. The number of hydrogen-bond donors (Lipinski definition) is 0. The van der Waals surface area contributed by atoms with Crippen molar-refractivity contribution in [1.29, 1.82) is 0 Å². The molecule has 0 bridgehead atoms. The number of halogens is 1. The van der Waals surface area contributed by atoms with E-state index in [2.05, 4.69) is 16.5 Å². The molecule has 1 heterocycles. The summed E-state index contributed by atoms with van der Waals surface area (Å²) < 4.78 is 31.7. The van der Waals surface area contributed by atoms with Crippen molar-refractivity contribution in [2.45, 2.75) is 18.7 Å². The van der Waals surface area contributed by atoms with Crippen molar-refractivity contribution in [3.8, 4) is 0 Å². The predicted molar refractivity (Wildman–Crippen MR) is 94.5 cm³/mol. The number of nitrogens with zero attached hydrogens (tertiary/aromatic N) is 2. The van der Waals surface area contributed by atoms with Gasteiger partial charge < -0.3 is 4.57 Å². The molecule has 0 fully saturated rings. The zero-order valence-electron chi connectivity index (χ0n) is 12.9. The Morgan fingerprint density at radius 1 is 1.09 bits per heavy atom. The van der Waals surface area contributed by atoms with E-state index in [1.54, 1.807) is 16.7 Å². The maximum Gasteiger partial charge on any atom is 0.285 e. The van der Waals surface area contributed by atoms with Gasteiger partial charge in [-0.1, -0.05) is 22.9 Å². The number of aromatic nitrogens is 1. The van der Waals surface area contributed by atoms with Gasteiger partial charge in [-0.05, 0) is 61.4 Å². The summed E-state index contributed by atoms with van der Waals surface area (Å²) in [4.78, 5) is 0.576. The highest BCUT2D eigenvalue weighted by Gasteiger charge is 2.14. The Balaban J connectivity index is 2.21. The highest BCUT2D eigenvalue weighted by atomic mass is 35.5. The topological polar surface area (TPSA) is 51.4 Å². The van der Waals surface area contributed by atoms with Gasteiger partial charge in [0.2, 0.25) is 4.80 Å². The van der Waals surface area contributed by atoms with Crippen molar-refractivity contribution >= 4 is 43.2 Å². The third-order valence-corrected chi connectivity index (χ3v) is 6.48. The van der Waals surface area contributed by atoms with Gasteiger partial charge in [0.25, 0.3) is 10.0 Å². The van der Waals surface area contributed by atoms with E-state index in [0.717, 1.165) is 15.8 Å². The van der Waals surface area contributed by atoms with Crippen LogP contribution in [0.25, 0.3) is 10.2 Å². The van der Waals surface area contributed by atoms with Gasteiger partial charge in [-0.2, -0.15) is 8.42 Å². The molecule has 3 rings (SSSR count). The molecule has 0 amide bonds. The van der Waals surface area contributed by atoms with Crippen LogP contribution in [0.4, 0.5) is 0 Å². The molecule has 2 aromatic carbocycles. The molecule has 0 atom stereocenters. The molecular formula is C16H15ClN2O2S2. The molecule has 0 spiro atoms. The van der Waals surface area contributed by atoms with E-state index < -0.39 is 10.0 Å². The number of benzene rings is 2. The number of fused-ring (bicyclic) bond motifs is 1. The number of thiazole rings is 1. The number of rotatable bonds is 2. The first-order valence-electron chi connectivity index (χ1n) is 6.91. The van der Waals surface area contributed by atoms with Crippen molar-refractivity contribution < 1.29 is 8.42 Å². The van der Waals surface area contributed by atoms with E-state index >= 15 is 0 Å². The number of sulfonamides is 1. The number of hydrogen-bond acceptors (Lipinski definition) is 3. The molecule has 0 aliphatic heterocycles. The van der Waals surface area contributed by atoms with Crippen LogP contribution in [-0.2, 0) is 17.1 Å². The molecule has 4 nitrogen and oxygen atoms in total. The van der Waals surface area contributed by atoms with Gasteiger partial charge in [0, 0.05) is 12.1 Å². The number of aryl methyl sites for hydroxylation is 3. The van der Waals surface area contributed by atoms with Crippen molar-refractivity contribution in [2.75, 3.05) is 0 Å². The summed E-state index contributed by atoms with van der Waals surface area (Å²) in [7, 11) is -1.94. The lowest BCUT2D eigenvalue weighted by atomic mass is 10.1. The smallest absolute Gasteiger partial charge is 0.285 e. The molecule has 120 valence electrons. The second kappa shape index (κ2) is 5.78. The molecule has 0 N–H and O–H groups in total. The zero-order valence-corrected chi connectivity index (χ0v) is 15.3. The zero-order chi connectivity index (χ0) is 16.8. The fourth-order valence-corrected chi connectivity index (χ4v) is 4.68. The lowest BCUT2D eigenvalue weighted by Gasteiger charge is -2.01. The van der Waals surface area contributed by atoms with Gasteiger partial charge in [0.15, 0.2) is 0 Å². The molecular weight excluding hydrogens is 352 g/mol. The van der Waals surface area contributed by atoms with Crippen LogP contribution in [-0.4, -0.2) is 13.0 Å². The molecule has 0 saturated carbocycles. The maximum atomic E-state index is 12.5. The third kappa shape index (κ3) is 3.06.